The molecule has 0 aromatic heterocycles. The molecular formula is C39H39F7NO4+. The summed E-state index contributed by atoms with van der Waals surface area (Å²) in [5.41, 5.74) is 1.59. The first-order valence-corrected chi connectivity index (χ1v) is 16.2. The number of hydrogen-bond acceptors (Lipinski definition) is 4. The van der Waals surface area contributed by atoms with E-state index < -0.39 is 47.2 Å². The number of alkyl halides is 3. The van der Waals surface area contributed by atoms with E-state index in [2.05, 4.69) is 56.5 Å². The Bertz CT molecular complexity index is 1940. The van der Waals surface area contributed by atoms with Crippen molar-refractivity contribution in [3.05, 3.63) is 117 Å². The second kappa shape index (κ2) is 14.5. The second-order valence-electron chi connectivity index (χ2n) is 13.4. The molecule has 0 saturated heterocycles. The molecule has 0 radical (unpaired) electrons. The predicted octanol–water partition coefficient (Wildman–Crippen LogP) is 9.53. The van der Waals surface area contributed by atoms with Crippen molar-refractivity contribution in [1.82, 2.24) is 0 Å². The SMILES string of the molecule is COc1cc2c(cc1OC)C(C(C)c1ccc(C(C)(C)C)cc1)=[N+](Cc1cccc(OC)c1OCc1c(F)c(F)c(C(F)(F)F)c(F)c1F)CC2. The zero-order valence-corrected chi connectivity index (χ0v) is 29.3. The first kappa shape index (κ1) is 37.5. The van der Waals surface area contributed by atoms with Gasteiger partial charge in [-0.1, -0.05) is 51.1 Å². The number of methoxy groups -OCH3 is 3. The maximum atomic E-state index is 14.8. The predicted molar refractivity (Wildman–Crippen MR) is 178 cm³/mol. The molecule has 0 aliphatic carbocycles. The van der Waals surface area contributed by atoms with E-state index in [1.165, 1.54) is 18.7 Å². The number of ether oxygens (including phenoxy) is 4. The minimum absolute atomic E-state index is 0.000782. The summed E-state index contributed by atoms with van der Waals surface area (Å²) in [5, 5.41) is 0. The quantitative estimate of drug-likeness (QED) is 0.0931. The van der Waals surface area contributed by atoms with E-state index in [0.29, 0.717) is 30.0 Å². The number of halogens is 7. The second-order valence-corrected chi connectivity index (χ2v) is 13.4. The Morgan fingerprint density at radius 2 is 1.35 bits per heavy atom. The van der Waals surface area contributed by atoms with Crippen LogP contribution < -0.4 is 18.9 Å². The van der Waals surface area contributed by atoms with Crippen molar-refractivity contribution >= 4 is 5.71 Å². The van der Waals surface area contributed by atoms with Crippen molar-refractivity contribution < 1.29 is 54.3 Å². The molecule has 0 spiro atoms. The molecule has 0 N–H and O–H groups in total. The van der Waals surface area contributed by atoms with Gasteiger partial charge in [0.1, 0.15) is 18.7 Å². The molecule has 272 valence electrons. The molecular weight excluding hydrogens is 679 g/mol. The molecule has 0 bridgehead atoms. The van der Waals surface area contributed by atoms with E-state index in [1.807, 2.05) is 12.1 Å². The van der Waals surface area contributed by atoms with Gasteiger partial charge in [-0.25, -0.2) is 22.1 Å². The van der Waals surface area contributed by atoms with Crippen LogP contribution in [0.1, 0.15) is 72.6 Å². The van der Waals surface area contributed by atoms with E-state index >= 15 is 0 Å². The van der Waals surface area contributed by atoms with Gasteiger partial charge >= 0.3 is 6.18 Å². The van der Waals surface area contributed by atoms with Crippen LogP contribution in [-0.2, 0) is 31.2 Å². The minimum atomic E-state index is -5.66. The summed E-state index contributed by atoms with van der Waals surface area (Å²) in [6.45, 7) is 8.12. The summed E-state index contributed by atoms with van der Waals surface area (Å²) in [7, 11) is 4.46. The smallest absolute Gasteiger partial charge is 0.422 e. The summed E-state index contributed by atoms with van der Waals surface area (Å²) in [6, 6.07) is 17.2. The topological polar surface area (TPSA) is 39.9 Å². The van der Waals surface area contributed by atoms with Gasteiger partial charge in [0, 0.05) is 12.0 Å². The highest BCUT2D eigenvalue weighted by atomic mass is 19.4. The first-order chi connectivity index (χ1) is 24.0. The number of fused-ring (bicyclic) bond motifs is 1. The third-order valence-corrected chi connectivity index (χ3v) is 9.20. The van der Waals surface area contributed by atoms with E-state index in [0.717, 1.165) is 22.4 Å². The van der Waals surface area contributed by atoms with Gasteiger partial charge in [0.2, 0.25) is 0 Å². The third kappa shape index (κ3) is 7.36. The summed E-state index contributed by atoms with van der Waals surface area (Å²) in [4.78, 5) is 0. The van der Waals surface area contributed by atoms with Crippen LogP contribution in [0.4, 0.5) is 30.7 Å². The lowest BCUT2D eigenvalue weighted by Gasteiger charge is -2.25. The molecule has 1 aliphatic heterocycles. The fourth-order valence-electron chi connectivity index (χ4n) is 6.43. The van der Waals surface area contributed by atoms with Crippen LogP contribution in [-0.4, -0.2) is 38.2 Å². The molecule has 5 rings (SSSR count). The van der Waals surface area contributed by atoms with Gasteiger partial charge < -0.3 is 18.9 Å². The third-order valence-electron chi connectivity index (χ3n) is 9.20. The fraction of sp³-hybridized carbons (Fsp3) is 0.359. The normalized spacial score (nSPS) is 13.9. The van der Waals surface area contributed by atoms with Crippen LogP contribution in [0.5, 0.6) is 23.0 Å². The van der Waals surface area contributed by atoms with Gasteiger partial charge in [0.05, 0.1) is 38.4 Å². The maximum Gasteiger partial charge on any atom is 0.422 e. The number of rotatable bonds is 10. The highest BCUT2D eigenvalue weighted by molar-refractivity contribution is 6.03. The molecule has 51 heavy (non-hydrogen) atoms. The highest BCUT2D eigenvalue weighted by Gasteiger charge is 2.42. The average Bonchev–Trinajstić information content (AvgIpc) is 3.09. The van der Waals surface area contributed by atoms with E-state index in [4.69, 9.17) is 18.9 Å². The zero-order valence-electron chi connectivity index (χ0n) is 29.3. The Balaban J connectivity index is 1.61. The number of nitrogens with zero attached hydrogens (tertiary/aromatic N) is 1. The lowest BCUT2D eigenvalue weighted by atomic mass is 9.83. The minimum Gasteiger partial charge on any atom is -0.493 e. The van der Waals surface area contributed by atoms with E-state index in [1.54, 1.807) is 26.4 Å². The van der Waals surface area contributed by atoms with Crippen molar-refractivity contribution in [2.45, 2.75) is 64.8 Å². The molecule has 1 unspecified atom stereocenters. The van der Waals surface area contributed by atoms with Crippen molar-refractivity contribution in [3.8, 4) is 23.0 Å². The van der Waals surface area contributed by atoms with E-state index in [9.17, 15) is 30.7 Å². The van der Waals surface area contributed by atoms with Crippen LogP contribution >= 0.6 is 0 Å². The Morgan fingerprint density at radius 1 is 0.765 bits per heavy atom. The zero-order chi connectivity index (χ0) is 37.4. The van der Waals surface area contributed by atoms with Gasteiger partial charge in [-0.3, -0.25) is 0 Å². The average molecular weight is 719 g/mol. The number of hydrogen-bond donors (Lipinski definition) is 0. The molecule has 1 heterocycles. The molecule has 1 atom stereocenters. The van der Waals surface area contributed by atoms with Crippen LogP contribution in [0.2, 0.25) is 0 Å². The first-order valence-electron chi connectivity index (χ1n) is 16.2. The molecule has 12 heteroatoms. The van der Waals surface area contributed by atoms with Gasteiger partial charge in [0.25, 0.3) is 0 Å². The fourth-order valence-corrected chi connectivity index (χ4v) is 6.43. The summed E-state index contributed by atoms with van der Waals surface area (Å²) >= 11 is 0. The van der Waals surface area contributed by atoms with Gasteiger partial charge in [0.15, 0.2) is 58.5 Å². The Labute approximate surface area is 292 Å². The largest absolute Gasteiger partial charge is 0.493 e. The molecule has 0 saturated carbocycles. The standard InChI is InChI=1S/C39H39F7NO4/c1-21(22-11-13-25(14-12-22)38(2,3)4)36-26-18-30(50-7)29(49-6)17-23(26)15-16-47(36)19-24-9-8-10-28(48-5)37(24)51-20-27-32(40)34(42)31(39(44,45)46)35(43)33(27)41/h8-14,17-18,21H,15-16,19-20H2,1-7H3/q+1. The summed E-state index contributed by atoms with van der Waals surface area (Å²) < 4.78 is 123. The van der Waals surface area contributed by atoms with Gasteiger partial charge in [-0.15, -0.1) is 0 Å². The van der Waals surface area contributed by atoms with Crippen molar-refractivity contribution in [1.29, 1.82) is 0 Å². The molecule has 1 aliphatic rings. The number of para-hydroxylation sites is 1. The Morgan fingerprint density at radius 3 is 1.90 bits per heavy atom. The van der Waals surface area contributed by atoms with Crippen LogP contribution in [0.3, 0.4) is 0 Å². The van der Waals surface area contributed by atoms with Crippen molar-refractivity contribution in [3.63, 3.8) is 0 Å². The lowest BCUT2D eigenvalue weighted by molar-refractivity contribution is -0.546. The highest BCUT2D eigenvalue weighted by Crippen LogP contribution is 2.40. The van der Waals surface area contributed by atoms with Gasteiger partial charge in [-0.05, 0) is 53.3 Å². The summed E-state index contributed by atoms with van der Waals surface area (Å²) in [5.74, 6) is -8.38. The lowest BCUT2D eigenvalue weighted by Crippen LogP contribution is -2.33. The summed E-state index contributed by atoms with van der Waals surface area (Å²) in [6.07, 6.45) is -5.04. The van der Waals surface area contributed by atoms with E-state index in [-0.39, 0.29) is 29.4 Å². The van der Waals surface area contributed by atoms with Crippen molar-refractivity contribution in [2.24, 2.45) is 0 Å². The monoisotopic (exact) mass is 718 g/mol. The molecule has 5 nitrogen and oxygen atoms in total. The Hall–Kier alpha value is -4.74. The van der Waals surface area contributed by atoms with Gasteiger partial charge in [-0.2, -0.15) is 13.2 Å². The molecule has 4 aromatic carbocycles. The van der Waals surface area contributed by atoms with Crippen LogP contribution in [0.25, 0.3) is 0 Å². The van der Waals surface area contributed by atoms with Crippen LogP contribution in [0, 0.1) is 23.3 Å². The molecule has 0 fully saturated rings. The molecule has 0 amide bonds. The Kier molecular flexibility index (Phi) is 10.6. The maximum absolute atomic E-state index is 14.8. The van der Waals surface area contributed by atoms with Crippen LogP contribution in [0.15, 0.2) is 54.6 Å². The number of benzene rings is 4. The van der Waals surface area contributed by atoms with Crippen molar-refractivity contribution in [2.75, 3.05) is 27.9 Å². The molecule has 4 aromatic rings.